The third-order valence-electron chi connectivity index (χ3n) is 5.05. The number of nitrogens with zero attached hydrogens (tertiary/aromatic N) is 3. The minimum absolute atomic E-state index is 0.124. The lowest BCUT2D eigenvalue weighted by Gasteiger charge is -2.43. The van der Waals surface area contributed by atoms with E-state index in [-0.39, 0.29) is 5.91 Å². The van der Waals surface area contributed by atoms with Crippen LogP contribution in [0.3, 0.4) is 0 Å². The molecular weight excluding hydrogens is 262 g/mol. The fraction of sp³-hybridized carbons (Fsp3) is 0.647. The summed E-state index contributed by atoms with van der Waals surface area (Å²) >= 11 is 0. The summed E-state index contributed by atoms with van der Waals surface area (Å²) in [5, 5.41) is 0. The largest absolute Gasteiger partial charge is 0.336 e. The molecule has 4 heteroatoms. The smallest absolute Gasteiger partial charge is 0.255 e. The number of aromatic nitrogens is 1. The summed E-state index contributed by atoms with van der Waals surface area (Å²) in [4.78, 5) is 21.0. The molecule has 0 bridgehead atoms. The Balaban J connectivity index is 1.56. The predicted molar refractivity (Wildman–Crippen MR) is 83.1 cm³/mol. The Hall–Kier alpha value is -1.42. The van der Waals surface area contributed by atoms with Gasteiger partial charge in [0, 0.05) is 44.6 Å². The van der Waals surface area contributed by atoms with E-state index in [0.717, 1.165) is 38.1 Å². The first-order valence-electron chi connectivity index (χ1n) is 8.19. The molecule has 2 unspecified atom stereocenters. The normalized spacial score (nSPS) is 27.6. The number of piperazine rings is 1. The molecule has 0 radical (unpaired) electrons. The van der Waals surface area contributed by atoms with E-state index in [1.165, 1.54) is 25.7 Å². The number of carbonyl (C=O) groups excluding carboxylic acids is 1. The van der Waals surface area contributed by atoms with Crippen LogP contribution in [0.1, 0.15) is 43.0 Å². The van der Waals surface area contributed by atoms with E-state index < -0.39 is 0 Å². The molecule has 0 N–H and O–H groups in total. The molecule has 1 amide bonds. The topological polar surface area (TPSA) is 36.4 Å². The van der Waals surface area contributed by atoms with E-state index >= 15 is 0 Å². The van der Waals surface area contributed by atoms with Crippen LogP contribution in [0.4, 0.5) is 0 Å². The molecule has 114 valence electrons. The maximum absolute atomic E-state index is 12.4. The molecule has 2 aliphatic rings. The van der Waals surface area contributed by atoms with E-state index in [2.05, 4.69) is 16.8 Å². The maximum atomic E-state index is 12.4. The van der Waals surface area contributed by atoms with E-state index in [4.69, 9.17) is 0 Å². The van der Waals surface area contributed by atoms with Gasteiger partial charge in [0.05, 0.1) is 5.56 Å². The highest BCUT2D eigenvalue weighted by molar-refractivity contribution is 5.93. The number of pyridine rings is 1. The fourth-order valence-corrected chi connectivity index (χ4v) is 3.77. The van der Waals surface area contributed by atoms with Crippen molar-refractivity contribution in [3.8, 4) is 0 Å². The average Bonchev–Trinajstić information content (AvgIpc) is 2.56. The van der Waals surface area contributed by atoms with Gasteiger partial charge < -0.3 is 4.90 Å². The Labute approximate surface area is 127 Å². The van der Waals surface area contributed by atoms with Crippen molar-refractivity contribution in [1.29, 1.82) is 0 Å². The van der Waals surface area contributed by atoms with Gasteiger partial charge in [-0.05, 0) is 30.9 Å². The average molecular weight is 287 g/mol. The van der Waals surface area contributed by atoms with Crippen LogP contribution in [0.5, 0.6) is 0 Å². The Kier molecular flexibility index (Phi) is 4.54. The first kappa shape index (κ1) is 14.5. The van der Waals surface area contributed by atoms with Crippen LogP contribution >= 0.6 is 0 Å². The molecule has 21 heavy (non-hydrogen) atoms. The van der Waals surface area contributed by atoms with Gasteiger partial charge in [-0.15, -0.1) is 0 Å². The number of carbonyl (C=O) groups is 1. The highest BCUT2D eigenvalue weighted by Crippen LogP contribution is 2.28. The number of hydrogen-bond donors (Lipinski definition) is 0. The molecule has 1 aliphatic heterocycles. The fourth-order valence-electron chi connectivity index (χ4n) is 3.77. The van der Waals surface area contributed by atoms with Crippen LogP contribution in [0.15, 0.2) is 24.5 Å². The quantitative estimate of drug-likeness (QED) is 0.838. The Morgan fingerprint density at radius 1 is 1.19 bits per heavy atom. The summed E-state index contributed by atoms with van der Waals surface area (Å²) in [6.07, 6.45) is 8.81. The highest BCUT2D eigenvalue weighted by Gasteiger charge is 2.30. The van der Waals surface area contributed by atoms with Gasteiger partial charge in [-0.2, -0.15) is 0 Å². The SMILES string of the molecule is CC1CCCCC1N1CCN(C(=O)c2cccnc2)CC1. The molecular formula is C17H25N3O. The lowest BCUT2D eigenvalue weighted by molar-refractivity contribution is 0.0423. The first-order valence-corrected chi connectivity index (χ1v) is 8.19. The van der Waals surface area contributed by atoms with Crippen molar-refractivity contribution in [2.75, 3.05) is 26.2 Å². The molecule has 3 rings (SSSR count). The summed E-state index contributed by atoms with van der Waals surface area (Å²) in [5.41, 5.74) is 0.706. The molecule has 0 spiro atoms. The number of rotatable bonds is 2. The Bertz CT molecular complexity index is 468. The maximum Gasteiger partial charge on any atom is 0.255 e. The van der Waals surface area contributed by atoms with Crippen molar-refractivity contribution in [2.45, 2.75) is 38.6 Å². The number of hydrogen-bond acceptors (Lipinski definition) is 3. The molecule has 2 fully saturated rings. The van der Waals surface area contributed by atoms with E-state index in [1.807, 2.05) is 17.0 Å². The minimum Gasteiger partial charge on any atom is -0.336 e. The molecule has 1 aliphatic carbocycles. The first-order chi connectivity index (χ1) is 10.3. The van der Waals surface area contributed by atoms with Gasteiger partial charge >= 0.3 is 0 Å². The molecule has 1 saturated carbocycles. The third kappa shape index (κ3) is 3.26. The van der Waals surface area contributed by atoms with Gasteiger partial charge in [0.25, 0.3) is 5.91 Å². The summed E-state index contributed by atoms with van der Waals surface area (Å²) in [7, 11) is 0. The summed E-state index contributed by atoms with van der Waals surface area (Å²) in [6, 6.07) is 4.41. The monoisotopic (exact) mass is 287 g/mol. The van der Waals surface area contributed by atoms with Gasteiger partial charge in [-0.1, -0.05) is 19.8 Å². The van der Waals surface area contributed by atoms with Crippen LogP contribution in [0.25, 0.3) is 0 Å². The lowest BCUT2D eigenvalue weighted by Crippen LogP contribution is -2.53. The molecule has 2 atom stereocenters. The van der Waals surface area contributed by atoms with E-state index in [0.29, 0.717) is 5.56 Å². The van der Waals surface area contributed by atoms with Gasteiger partial charge in [-0.25, -0.2) is 0 Å². The second-order valence-electron chi connectivity index (χ2n) is 6.40. The number of amides is 1. The Morgan fingerprint density at radius 2 is 1.95 bits per heavy atom. The van der Waals surface area contributed by atoms with E-state index in [9.17, 15) is 4.79 Å². The second-order valence-corrected chi connectivity index (χ2v) is 6.40. The molecule has 2 heterocycles. The van der Waals surface area contributed by atoms with Crippen LogP contribution in [0.2, 0.25) is 0 Å². The van der Waals surface area contributed by atoms with Gasteiger partial charge in [-0.3, -0.25) is 14.7 Å². The van der Waals surface area contributed by atoms with Crippen molar-refractivity contribution in [2.24, 2.45) is 5.92 Å². The van der Waals surface area contributed by atoms with Crippen LogP contribution in [0, 0.1) is 5.92 Å². The minimum atomic E-state index is 0.124. The van der Waals surface area contributed by atoms with Gasteiger partial charge in [0.2, 0.25) is 0 Å². The third-order valence-corrected chi connectivity index (χ3v) is 5.05. The zero-order valence-corrected chi connectivity index (χ0v) is 12.9. The van der Waals surface area contributed by atoms with Crippen LogP contribution in [-0.2, 0) is 0 Å². The van der Waals surface area contributed by atoms with Gasteiger partial charge in [0.15, 0.2) is 0 Å². The van der Waals surface area contributed by atoms with Gasteiger partial charge in [0.1, 0.15) is 0 Å². The lowest BCUT2D eigenvalue weighted by atomic mass is 9.84. The van der Waals surface area contributed by atoms with E-state index in [1.54, 1.807) is 12.4 Å². The van der Waals surface area contributed by atoms with Crippen molar-refractivity contribution < 1.29 is 4.79 Å². The standard InChI is InChI=1S/C17H25N3O/c1-14-5-2-3-7-16(14)19-9-11-20(12-10-19)17(21)15-6-4-8-18-13-15/h4,6,8,13-14,16H,2-3,5,7,9-12H2,1H3. The zero-order chi connectivity index (χ0) is 14.7. The van der Waals surface area contributed by atoms with Crippen molar-refractivity contribution in [3.63, 3.8) is 0 Å². The van der Waals surface area contributed by atoms with Crippen LogP contribution in [-0.4, -0.2) is 52.9 Å². The molecule has 1 aromatic heterocycles. The van der Waals surface area contributed by atoms with Crippen molar-refractivity contribution in [1.82, 2.24) is 14.8 Å². The molecule has 1 aromatic rings. The van der Waals surface area contributed by atoms with Crippen LogP contribution < -0.4 is 0 Å². The summed E-state index contributed by atoms with van der Waals surface area (Å²) in [6.45, 7) is 6.10. The molecule has 1 saturated heterocycles. The second kappa shape index (κ2) is 6.56. The zero-order valence-electron chi connectivity index (χ0n) is 12.9. The highest BCUT2D eigenvalue weighted by atomic mass is 16.2. The predicted octanol–water partition coefficient (Wildman–Crippen LogP) is 2.42. The van der Waals surface area contributed by atoms with Crippen molar-refractivity contribution >= 4 is 5.91 Å². The van der Waals surface area contributed by atoms with Crippen molar-refractivity contribution in [3.05, 3.63) is 30.1 Å². The summed E-state index contributed by atoms with van der Waals surface area (Å²) < 4.78 is 0. The molecule has 0 aromatic carbocycles. The summed E-state index contributed by atoms with van der Waals surface area (Å²) in [5.74, 6) is 0.929. The Morgan fingerprint density at radius 3 is 2.62 bits per heavy atom. The molecule has 4 nitrogen and oxygen atoms in total.